The molecule has 2 aromatic rings. The van der Waals surface area contributed by atoms with Crippen LogP contribution in [-0.2, 0) is 10.0 Å². The average Bonchev–Trinajstić information content (AvgIpc) is 2.84. The monoisotopic (exact) mass is 374 g/mol. The third-order valence-electron chi connectivity index (χ3n) is 2.50. The van der Waals surface area contributed by atoms with Crippen LogP contribution in [0.15, 0.2) is 44.4 Å². The van der Waals surface area contributed by atoms with Gasteiger partial charge in [-0.2, -0.15) is 0 Å². The number of carbonyl (C=O) groups is 1. The van der Waals surface area contributed by atoms with Gasteiger partial charge >= 0.3 is 0 Å². The highest BCUT2D eigenvalue weighted by atomic mass is 79.9. The number of hydrogen-bond acceptors (Lipinski definition) is 4. The predicted octanol–water partition coefficient (Wildman–Crippen LogP) is 2.44. The van der Waals surface area contributed by atoms with E-state index in [-0.39, 0.29) is 4.21 Å². The van der Waals surface area contributed by atoms with E-state index < -0.39 is 15.9 Å². The molecule has 106 valence electrons. The highest BCUT2D eigenvalue weighted by Crippen LogP contribution is 2.25. The van der Waals surface area contributed by atoms with Gasteiger partial charge in [0.25, 0.3) is 15.9 Å². The number of carbonyl (C=O) groups excluding carboxylic acids is 1. The molecule has 1 heterocycles. The molecular formula is C12H11BrN2O3S2. The number of aryl methyl sites for hydroxylation is 1. The number of hydrazine groups is 1. The number of amides is 1. The Labute approximate surface area is 129 Å². The number of halogens is 1. The minimum Gasteiger partial charge on any atom is -0.273 e. The van der Waals surface area contributed by atoms with Crippen molar-refractivity contribution in [3.05, 3.63) is 51.3 Å². The highest BCUT2D eigenvalue weighted by molar-refractivity contribution is 9.11. The van der Waals surface area contributed by atoms with Crippen molar-refractivity contribution >= 4 is 43.2 Å². The fourth-order valence-electron chi connectivity index (χ4n) is 1.50. The molecule has 1 aromatic carbocycles. The third-order valence-corrected chi connectivity index (χ3v) is 5.87. The average molecular weight is 375 g/mol. The number of nitrogens with one attached hydrogen (secondary N) is 2. The maximum atomic E-state index is 11.9. The molecule has 0 saturated heterocycles. The van der Waals surface area contributed by atoms with Crippen LogP contribution in [0, 0.1) is 6.92 Å². The van der Waals surface area contributed by atoms with E-state index in [0.717, 1.165) is 16.9 Å². The second kappa shape index (κ2) is 6.04. The molecular weight excluding hydrogens is 364 g/mol. The first-order valence-electron chi connectivity index (χ1n) is 5.53. The normalized spacial score (nSPS) is 11.3. The van der Waals surface area contributed by atoms with Crippen LogP contribution >= 0.6 is 27.3 Å². The van der Waals surface area contributed by atoms with Gasteiger partial charge in [0.15, 0.2) is 0 Å². The Kier molecular flexibility index (Phi) is 4.59. The van der Waals surface area contributed by atoms with Crippen LogP contribution < -0.4 is 10.3 Å². The summed E-state index contributed by atoms with van der Waals surface area (Å²) < 4.78 is 24.7. The van der Waals surface area contributed by atoms with Gasteiger partial charge in [0.05, 0.1) is 3.79 Å². The molecule has 8 heteroatoms. The van der Waals surface area contributed by atoms with Crippen LogP contribution in [0.25, 0.3) is 0 Å². The maximum Gasteiger partial charge on any atom is 0.266 e. The number of sulfonamides is 1. The Balaban J connectivity index is 2.09. The van der Waals surface area contributed by atoms with E-state index in [2.05, 4.69) is 26.2 Å². The highest BCUT2D eigenvalue weighted by Gasteiger charge is 2.18. The van der Waals surface area contributed by atoms with Crippen molar-refractivity contribution in [3.8, 4) is 0 Å². The first kappa shape index (κ1) is 15.2. The van der Waals surface area contributed by atoms with Crippen molar-refractivity contribution in [2.24, 2.45) is 0 Å². The fourth-order valence-corrected chi connectivity index (χ4v) is 4.35. The smallest absolute Gasteiger partial charge is 0.266 e. The lowest BCUT2D eigenvalue weighted by Crippen LogP contribution is -2.41. The van der Waals surface area contributed by atoms with Crippen LogP contribution in [0.2, 0.25) is 0 Å². The first-order chi connectivity index (χ1) is 9.40. The first-order valence-corrected chi connectivity index (χ1v) is 8.62. The lowest BCUT2D eigenvalue weighted by molar-refractivity contribution is 0.0944. The molecule has 0 saturated carbocycles. The standard InChI is InChI=1S/C12H11BrN2O3S2/c1-8-4-2-3-5-9(8)12(16)14-15-20(17,18)11-7-6-10(13)19-11/h2-7,15H,1H3,(H,14,16). The van der Waals surface area contributed by atoms with E-state index >= 15 is 0 Å². The molecule has 20 heavy (non-hydrogen) atoms. The molecule has 0 radical (unpaired) electrons. The van der Waals surface area contributed by atoms with Gasteiger partial charge in [-0.15, -0.1) is 16.2 Å². The summed E-state index contributed by atoms with van der Waals surface area (Å²) in [4.78, 5) is 14.0. The predicted molar refractivity (Wildman–Crippen MR) is 81.0 cm³/mol. The summed E-state index contributed by atoms with van der Waals surface area (Å²) in [5.41, 5.74) is 3.39. The summed E-state index contributed by atoms with van der Waals surface area (Å²) in [7, 11) is -3.75. The summed E-state index contributed by atoms with van der Waals surface area (Å²) in [5, 5.41) is 0. The summed E-state index contributed by atoms with van der Waals surface area (Å²) in [6.07, 6.45) is 0. The molecule has 5 nitrogen and oxygen atoms in total. The molecule has 0 aliphatic heterocycles. The molecule has 0 aliphatic carbocycles. The number of thiophene rings is 1. The minimum absolute atomic E-state index is 0.120. The van der Waals surface area contributed by atoms with E-state index in [4.69, 9.17) is 0 Å². The third kappa shape index (κ3) is 3.45. The van der Waals surface area contributed by atoms with Gasteiger partial charge in [0.1, 0.15) is 4.21 Å². The lowest BCUT2D eigenvalue weighted by atomic mass is 10.1. The lowest BCUT2D eigenvalue weighted by Gasteiger charge is -2.08. The van der Waals surface area contributed by atoms with Crippen molar-refractivity contribution < 1.29 is 13.2 Å². The van der Waals surface area contributed by atoms with Crippen molar-refractivity contribution in [1.29, 1.82) is 0 Å². The van der Waals surface area contributed by atoms with Crippen LogP contribution in [-0.4, -0.2) is 14.3 Å². The van der Waals surface area contributed by atoms with Gasteiger partial charge in [-0.3, -0.25) is 10.2 Å². The van der Waals surface area contributed by atoms with Crippen molar-refractivity contribution in [2.45, 2.75) is 11.1 Å². The van der Waals surface area contributed by atoms with Crippen LogP contribution in [0.5, 0.6) is 0 Å². The summed E-state index contributed by atoms with van der Waals surface area (Å²) in [6, 6.07) is 10.0. The molecule has 0 fully saturated rings. The molecule has 0 unspecified atom stereocenters. The van der Waals surface area contributed by atoms with Gasteiger partial charge in [0.2, 0.25) is 0 Å². The molecule has 0 atom stereocenters. The molecule has 0 spiro atoms. The zero-order chi connectivity index (χ0) is 14.8. The van der Waals surface area contributed by atoms with E-state index in [0.29, 0.717) is 9.35 Å². The Morgan fingerprint density at radius 2 is 1.90 bits per heavy atom. The fraction of sp³-hybridized carbons (Fsp3) is 0.0833. The summed E-state index contributed by atoms with van der Waals surface area (Å²) in [6.45, 7) is 1.78. The number of hydrogen-bond donors (Lipinski definition) is 2. The van der Waals surface area contributed by atoms with Crippen LogP contribution in [0.4, 0.5) is 0 Å². The zero-order valence-electron chi connectivity index (χ0n) is 10.4. The number of benzene rings is 1. The van der Waals surface area contributed by atoms with Crippen LogP contribution in [0.3, 0.4) is 0 Å². The van der Waals surface area contributed by atoms with Gasteiger partial charge in [-0.25, -0.2) is 8.42 Å². The second-order valence-corrected chi connectivity index (χ2v) is 8.31. The van der Waals surface area contributed by atoms with Crippen molar-refractivity contribution in [3.63, 3.8) is 0 Å². The zero-order valence-corrected chi connectivity index (χ0v) is 13.6. The second-order valence-electron chi connectivity index (χ2n) is 3.93. The Hall–Kier alpha value is -1.22. The van der Waals surface area contributed by atoms with E-state index in [1.54, 1.807) is 37.3 Å². The Morgan fingerprint density at radius 3 is 2.50 bits per heavy atom. The molecule has 2 rings (SSSR count). The maximum absolute atomic E-state index is 11.9. The Morgan fingerprint density at radius 1 is 1.20 bits per heavy atom. The molecule has 0 aliphatic rings. The Bertz CT molecular complexity index is 741. The van der Waals surface area contributed by atoms with Gasteiger partial charge in [-0.1, -0.05) is 18.2 Å². The SMILES string of the molecule is Cc1ccccc1C(=O)NNS(=O)(=O)c1ccc(Br)s1. The largest absolute Gasteiger partial charge is 0.273 e. The number of rotatable bonds is 4. The van der Waals surface area contributed by atoms with E-state index in [1.165, 1.54) is 6.07 Å². The molecule has 1 aromatic heterocycles. The van der Waals surface area contributed by atoms with Gasteiger partial charge < -0.3 is 0 Å². The van der Waals surface area contributed by atoms with Gasteiger partial charge in [-0.05, 0) is 46.6 Å². The van der Waals surface area contributed by atoms with Gasteiger partial charge in [0, 0.05) is 5.56 Å². The minimum atomic E-state index is -3.75. The molecule has 2 N–H and O–H groups in total. The van der Waals surface area contributed by atoms with E-state index in [1.807, 2.05) is 0 Å². The van der Waals surface area contributed by atoms with Crippen LogP contribution in [0.1, 0.15) is 15.9 Å². The summed E-state index contributed by atoms with van der Waals surface area (Å²) >= 11 is 4.25. The van der Waals surface area contributed by atoms with Crippen molar-refractivity contribution in [1.82, 2.24) is 10.3 Å². The topological polar surface area (TPSA) is 75.3 Å². The van der Waals surface area contributed by atoms with E-state index in [9.17, 15) is 13.2 Å². The van der Waals surface area contributed by atoms with Crippen molar-refractivity contribution in [2.75, 3.05) is 0 Å². The quantitative estimate of drug-likeness (QED) is 0.807. The molecule has 1 amide bonds. The molecule has 0 bridgehead atoms. The summed E-state index contributed by atoms with van der Waals surface area (Å²) in [5.74, 6) is -0.498.